The fourth-order valence-electron chi connectivity index (χ4n) is 6.50. The molecule has 0 aliphatic carbocycles. The molecule has 0 unspecified atom stereocenters. The number of fused-ring (bicyclic) bond motifs is 1. The van der Waals surface area contributed by atoms with E-state index in [1.807, 2.05) is 39.0 Å². The smallest absolute Gasteiger partial charge is 0.410 e. The van der Waals surface area contributed by atoms with Crippen LogP contribution in [0.3, 0.4) is 0 Å². The molecule has 1 aromatic carbocycles. The number of hydrogen-bond donors (Lipinski definition) is 3. The Kier molecular flexibility index (Phi) is 8.27. The van der Waals surface area contributed by atoms with E-state index in [9.17, 15) is 24.4 Å². The van der Waals surface area contributed by atoms with E-state index in [1.165, 1.54) is 0 Å². The number of carbonyl (C=O) groups excluding carboxylic acids is 4. The molecule has 0 bridgehead atoms. The van der Waals surface area contributed by atoms with Gasteiger partial charge in [0.05, 0.1) is 13.2 Å². The molecule has 1 spiro atoms. The van der Waals surface area contributed by atoms with E-state index in [1.54, 1.807) is 23.0 Å². The molecule has 3 fully saturated rings. The summed E-state index contributed by atoms with van der Waals surface area (Å²) >= 11 is 0. The Bertz CT molecular complexity index is 1450. The van der Waals surface area contributed by atoms with Gasteiger partial charge in [0, 0.05) is 43.0 Å². The number of H-pyrrole nitrogens is 1. The van der Waals surface area contributed by atoms with Crippen LogP contribution in [0.5, 0.6) is 5.75 Å². The maximum atomic E-state index is 14.0. The van der Waals surface area contributed by atoms with Gasteiger partial charge in [0.25, 0.3) is 5.91 Å². The van der Waals surface area contributed by atoms with Crippen LogP contribution >= 0.6 is 0 Å². The van der Waals surface area contributed by atoms with E-state index in [0.717, 1.165) is 10.9 Å². The molecule has 4 heterocycles. The van der Waals surface area contributed by atoms with Gasteiger partial charge in [-0.15, -0.1) is 0 Å². The predicted molar refractivity (Wildman–Crippen MR) is 157 cm³/mol. The lowest BCUT2D eigenvalue weighted by Crippen LogP contribution is -2.49. The first-order chi connectivity index (χ1) is 20.4. The Labute approximate surface area is 251 Å². The second-order valence-electron chi connectivity index (χ2n) is 12.9. The largest absolute Gasteiger partial charge is 0.496 e. The van der Waals surface area contributed by atoms with Crippen molar-refractivity contribution < 1.29 is 28.7 Å². The minimum Gasteiger partial charge on any atom is -0.496 e. The molecule has 3 saturated heterocycles. The van der Waals surface area contributed by atoms with Gasteiger partial charge in [-0.1, -0.05) is 6.07 Å². The SMILES string of the molecule is COc1cccc2[nH]c(C(=O)N3CC4(CCN(C(=O)OC(C)(C)C)CC4)C[C@H]3C(=O)N[C@H](C#N)C[C@@H]3CCNC3=O)cc12. The van der Waals surface area contributed by atoms with Gasteiger partial charge in [-0.3, -0.25) is 14.4 Å². The number of benzene rings is 1. The number of hydrogen-bond acceptors (Lipinski definition) is 7. The molecule has 0 radical (unpaired) electrons. The maximum absolute atomic E-state index is 14.0. The highest BCUT2D eigenvalue weighted by Crippen LogP contribution is 2.44. The Morgan fingerprint density at radius 3 is 2.60 bits per heavy atom. The van der Waals surface area contributed by atoms with Gasteiger partial charge < -0.3 is 34.9 Å². The zero-order valence-electron chi connectivity index (χ0n) is 25.2. The third kappa shape index (κ3) is 6.40. The molecule has 0 saturated carbocycles. The highest BCUT2D eigenvalue weighted by molar-refractivity contribution is 6.02. The first-order valence-electron chi connectivity index (χ1n) is 14.8. The summed E-state index contributed by atoms with van der Waals surface area (Å²) < 4.78 is 11.0. The Hall–Kier alpha value is -4.27. The predicted octanol–water partition coefficient (Wildman–Crippen LogP) is 2.94. The third-order valence-corrected chi connectivity index (χ3v) is 8.78. The van der Waals surface area contributed by atoms with Crippen molar-refractivity contribution >= 4 is 34.7 Å². The summed E-state index contributed by atoms with van der Waals surface area (Å²) in [6, 6.07) is 7.68. The monoisotopic (exact) mass is 592 g/mol. The van der Waals surface area contributed by atoms with Crippen molar-refractivity contribution in [1.29, 1.82) is 5.26 Å². The number of rotatable bonds is 6. The number of methoxy groups -OCH3 is 1. The third-order valence-electron chi connectivity index (χ3n) is 8.78. The van der Waals surface area contributed by atoms with Crippen molar-refractivity contribution in [2.75, 3.05) is 33.3 Å². The van der Waals surface area contributed by atoms with Gasteiger partial charge in [-0.2, -0.15) is 5.26 Å². The zero-order valence-corrected chi connectivity index (χ0v) is 25.2. The topological polar surface area (TPSA) is 157 Å². The van der Waals surface area contributed by atoms with Crippen LogP contribution in [0.4, 0.5) is 4.79 Å². The first-order valence-corrected chi connectivity index (χ1v) is 14.8. The van der Waals surface area contributed by atoms with Crippen molar-refractivity contribution in [1.82, 2.24) is 25.4 Å². The number of ether oxygens (including phenoxy) is 2. The second kappa shape index (κ2) is 11.8. The minimum absolute atomic E-state index is 0.114. The van der Waals surface area contributed by atoms with Crippen LogP contribution in [0.25, 0.3) is 10.9 Å². The molecule has 230 valence electrons. The summed E-state index contributed by atoms with van der Waals surface area (Å²) in [5, 5.41) is 16.2. The summed E-state index contributed by atoms with van der Waals surface area (Å²) in [6.45, 7) is 7.27. The zero-order chi connectivity index (χ0) is 30.9. The summed E-state index contributed by atoms with van der Waals surface area (Å²) in [5.74, 6) is -0.567. The van der Waals surface area contributed by atoms with Crippen molar-refractivity contribution in [2.45, 2.75) is 70.6 Å². The number of aromatic amines is 1. The number of aromatic nitrogens is 1. The lowest BCUT2D eigenvalue weighted by atomic mass is 9.76. The van der Waals surface area contributed by atoms with Crippen molar-refractivity contribution in [3.05, 3.63) is 30.0 Å². The van der Waals surface area contributed by atoms with E-state index in [4.69, 9.17) is 9.47 Å². The average molecular weight is 593 g/mol. The molecular weight excluding hydrogens is 552 g/mol. The van der Waals surface area contributed by atoms with Crippen LogP contribution in [-0.2, 0) is 14.3 Å². The highest BCUT2D eigenvalue weighted by Gasteiger charge is 2.51. The molecule has 3 aliphatic rings. The molecule has 12 nitrogen and oxygen atoms in total. The second-order valence-corrected chi connectivity index (χ2v) is 12.9. The maximum Gasteiger partial charge on any atom is 0.410 e. The van der Waals surface area contributed by atoms with E-state index in [2.05, 4.69) is 21.7 Å². The minimum atomic E-state index is -0.860. The molecule has 2 aromatic rings. The molecule has 3 aliphatic heterocycles. The normalized spacial score (nSPS) is 22.3. The Morgan fingerprint density at radius 1 is 1.23 bits per heavy atom. The molecule has 5 rings (SSSR count). The lowest BCUT2D eigenvalue weighted by molar-refractivity contribution is -0.126. The van der Waals surface area contributed by atoms with Gasteiger partial charge in [-0.05, 0) is 76.5 Å². The molecule has 12 heteroatoms. The number of nitriles is 1. The van der Waals surface area contributed by atoms with E-state index in [-0.39, 0.29) is 35.7 Å². The molecular formula is C31H40N6O6. The van der Waals surface area contributed by atoms with Crippen molar-refractivity contribution in [3.63, 3.8) is 0 Å². The number of nitrogens with one attached hydrogen (secondary N) is 3. The van der Waals surface area contributed by atoms with Crippen LogP contribution in [0, 0.1) is 22.7 Å². The summed E-state index contributed by atoms with van der Waals surface area (Å²) in [7, 11) is 1.57. The number of carbonyl (C=O) groups is 4. The van der Waals surface area contributed by atoms with E-state index >= 15 is 0 Å². The van der Waals surface area contributed by atoms with Gasteiger partial charge in [0.15, 0.2) is 0 Å². The fourth-order valence-corrected chi connectivity index (χ4v) is 6.50. The van der Waals surface area contributed by atoms with Crippen molar-refractivity contribution in [3.8, 4) is 11.8 Å². The lowest BCUT2D eigenvalue weighted by Gasteiger charge is -2.39. The molecule has 3 N–H and O–H groups in total. The average Bonchev–Trinajstić information content (AvgIpc) is 3.68. The van der Waals surface area contributed by atoms with Crippen LogP contribution in [0.1, 0.15) is 63.4 Å². The standard InChI is InChI=1S/C31H40N6O6/c1-30(2,3)43-29(41)36-12-9-31(10-13-36)16-24(27(39)34-20(17-32)14-19-8-11-33-26(19)38)37(18-31)28(40)23-15-21-22(35-23)6-5-7-25(21)42-4/h5-7,15,19-20,24,35H,8-14,16,18H2,1-4H3,(H,33,38)(H,34,39)/t19-,20-,24-/m0/s1. The number of piperidine rings is 1. The summed E-state index contributed by atoms with van der Waals surface area (Å²) in [5.41, 5.74) is 0.0839. The summed E-state index contributed by atoms with van der Waals surface area (Å²) in [4.78, 5) is 59.1. The molecule has 3 atom stereocenters. The number of amides is 4. The molecule has 4 amide bonds. The molecule has 43 heavy (non-hydrogen) atoms. The Morgan fingerprint density at radius 2 is 1.98 bits per heavy atom. The van der Waals surface area contributed by atoms with Crippen LogP contribution in [0.2, 0.25) is 0 Å². The van der Waals surface area contributed by atoms with Crippen molar-refractivity contribution in [2.24, 2.45) is 11.3 Å². The highest BCUT2D eigenvalue weighted by atomic mass is 16.6. The van der Waals surface area contributed by atoms with E-state index in [0.29, 0.717) is 63.3 Å². The molecule has 1 aromatic heterocycles. The number of nitrogens with zero attached hydrogens (tertiary/aromatic N) is 3. The summed E-state index contributed by atoms with van der Waals surface area (Å²) in [6.07, 6.45) is 2.06. The van der Waals surface area contributed by atoms with Gasteiger partial charge in [-0.25, -0.2) is 4.79 Å². The fraction of sp³-hybridized carbons (Fsp3) is 0.581. The van der Waals surface area contributed by atoms with Crippen LogP contribution in [-0.4, -0.2) is 89.6 Å². The number of likely N-dealkylation sites (tertiary alicyclic amines) is 2. The quantitative estimate of drug-likeness (QED) is 0.466. The van der Waals surface area contributed by atoms with Gasteiger partial charge in [0.1, 0.15) is 29.1 Å². The first kappa shape index (κ1) is 30.2. The van der Waals surface area contributed by atoms with Gasteiger partial charge in [0.2, 0.25) is 11.8 Å². The van der Waals surface area contributed by atoms with Crippen LogP contribution < -0.4 is 15.4 Å². The van der Waals surface area contributed by atoms with Gasteiger partial charge >= 0.3 is 6.09 Å². The van der Waals surface area contributed by atoms with E-state index < -0.39 is 23.6 Å². The Balaban J connectivity index is 1.37. The van der Waals surface area contributed by atoms with Crippen LogP contribution in [0.15, 0.2) is 24.3 Å².